The molecule has 0 saturated carbocycles. The lowest BCUT2D eigenvalue weighted by Gasteiger charge is -2.19. The highest BCUT2D eigenvalue weighted by atomic mass is 16.5. The summed E-state index contributed by atoms with van der Waals surface area (Å²) in [5.41, 5.74) is 3.11. The van der Waals surface area contributed by atoms with E-state index in [9.17, 15) is 0 Å². The standard InChI is InChI=1S/C18H19NO/c1-18(2,3)16-7-9-17(10-8-16)20-13-15-6-4-5-14(11-15)12-19/h4-11H,13H2,1-3H3. The van der Waals surface area contributed by atoms with Crippen molar-refractivity contribution in [1.29, 1.82) is 5.26 Å². The van der Waals surface area contributed by atoms with Crippen LogP contribution in [0.5, 0.6) is 5.75 Å². The van der Waals surface area contributed by atoms with Gasteiger partial charge >= 0.3 is 0 Å². The molecule has 0 aromatic heterocycles. The predicted octanol–water partition coefficient (Wildman–Crippen LogP) is 4.43. The van der Waals surface area contributed by atoms with Gasteiger partial charge in [0.05, 0.1) is 11.6 Å². The molecule has 2 rings (SSSR count). The smallest absolute Gasteiger partial charge is 0.119 e. The molecule has 0 radical (unpaired) electrons. The molecule has 0 fully saturated rings. The molecule has 0 aliphatic rings. The van der Waals surface area contributed by atoms with E-state index in [2.05, 4.69) is 39.0 Å². The van der Waals surface area contributed by atoms with Gasteiger partial charge in [0.25, 0.3) is 0 Å². The number of benzene rings is 2. The molecule has 0 spiro atoms. The van der Waals surface area contributed by atoms with Crippen molar-refractivity contribution in [3.05, 3.63) is 65.2 Å². The van der Waals surface area contributed by atoms with E-state index < -0.39 is 0 Å². The van der Waals surface area contributed by atoms with Gasteiger partial charge in [0.15, 0.2) is 0 Å². The molecule has 0 aliphatic carbocycles. The van der Waals surface area contributed by atoms with Crippen LogP contribution in [0.25, 0.3) is 0 Å². The van der Waals surface area contributed by atoms with Crippen LogP contribution >= 0.6 is 0 Å². The SMILES string of the molecule is CC(C)(C)c1ccc(OCc2cccc(C#N)c2)cc1. The average Bonchev–Trinajstić information content (AvgIpc) is 2.45. The van der Waals surface area contributed by atoms with E-state index in [1.807, 2.05) is 30.3 Å². The molecular formula is C18H19NO. The van der Waals surface area contributed by atoms with Crippen LogP contribution in [0.4, 0.5) is 0 Å². The third kappa shape index (κ3) is 3.61. The molecule has 0 saturated heterocycles. The van der Waals surface area contributed by atoms with E-state index in [1.54, 1.807) is 6.07 Å². The van der Waals surface area contributed by atoms with Crippen LogP contribution in [0, 0.1) is 11.3 Å². The molecule has 0 aliphatic heterocycles. The normalized spacial score (nSPS) is 10.9. The highest BCUT2D eigenvalue weighted by Gasteiger charge is 2.12. The molecule has 2 aromatic rings. The Balaban J connectivity index is 2.02. The van der Waals surface area contributed by atoms with E-state index in [1.165, 1.54) is 5.56 Å². The summed E-state index contributed by atoms with van der Waals surface area (Å²) in [6.45, 7) is 7.05. The van der Waals surface area contributed by atoms with Crippen molar-refractivity contribution in [2.45, 2.75) is 32.8 Å². The maximum atomic E-state index is 8.86. The Bertz CT molecular complexity index is 615. The summed E-state index contributed by atoms with van der Waals surface area (Å²) >= 11 is 0. The van der Waals surface area contributed by atoms with E-state index in [0.29, 0.717) is 12.2 Å². The van der Waals surface area contributed by atoms with Gasteiger partial charge in [-0.05, 0) is 40.8 Å². The van der Waals surface area contributed by atoms with Crippen molar-refractivity contribution < 1.29 is 4.74 Å². The molecule has 0 amide bonds. The lowest BCUT2D eigenvalue weighted by Crippen LogP contribution is -2.10. The summed E-state index contributed by atoms with van der Waals surface area (Å²) in [6.07, 6.45) is 0. The maximum absolute atomic E-state index is 8.86. The molecule has 0 bridgehead atoms. The zero-order chi connectivity index (χ0) is 14.6. The molecule has 2 heteroatoms. The number of ether oxygens (including phenoxy) is 1. The van der Waals surface area contributed by atoms with Crippen molar-refractivity contribution in [1.82, 2.24) is 0 Å². The molecule has 2 nitrogen and oxygen atoms in total. The number of hydrogen-bond donors (Lipinski definition) is 0. The highest BCUT2D eigenvalue weighted by Crippen LogP contribution is 2.24. The van der Waals surface area contributed by atoms with Crippen LogP contribution in [0.1, 0.15) is 37.5 Å². The number of hydrogen-bond acceptors (Lipinski definition) is 2. The zero-order valence-electron chi connectivity index (χ0n) is 12.2. The summed E-state index contributed by atoms with van der Waals surface area (Å²) < 4.78 is 5.75. The van der Waals surface area contributed by atoms with Gasteiger partial charge in [0.2, 0.25) is 0 Å². The molecule has 102 valence electrons. The molecule has 0 atom stereocenters. The Labute approximate surface area is 120 Å². The van der Waals surface area contributed by atoms with Crippen molar-refractivity contribution in [3.8, 4) is 11.8 Å². The second-order valence-corrected chi connectivity index (χ2v) is 5.88. The fourth-order valence-electron chi connectivity index (χ4n) is 1.95. The first-order valence-electron chi connectivity index (χ1n) is 6.71. The monoisotopic (exact) mass is 265 g/mol. The van der Waals surface area contributed by atoms with Crippen LogP contribution in [0.3, 0.4) is 0 Å². The van der Waals surface area contributed by atoms with Gasteiger partial charge in [-0.25, -0.2) is 0 Å². The zero-order valence-corrected chi connectivity index (χ0v) is 12.2. The van der Waals surface area contributed by atoms with Gasteiger partial charge in [-0.15, -0.1) is 0 Å². The minimum atomic E-state index is 0.152. The Morgan fingerprint density at radius 3 is 2.35 bits per heavy atom. The second-order valence-electron chi connectivity index (χ2n) is 5.88. The summed E-state index contributed by atoms with van der Waals surface area (Å²) in [5.74, 6) is 0.848. The number of nitrogens with zero attached hydrogens (tertiary/aromatic N) is 1. The summed E-state index contributed by atoms with van der Waals surface area (Å²) in [5, 5.41) is 8.86. The molecule has 20 heavy (non-hydrogen) atoms. The first-order chi connectivity index (χ1) is 9.49. The number of nitriles is 1. The first kappa shape index (κ1) is 14.1. The Kier molecular flexibility index (Phi) is 4.10. The van der Waals surface area contributed by atoms with Gasteiger partial charge in [0, 0.05) is 0 Å². The third-order valence-electron chi connectivity index (χ3n) is 3.18. The van der Waals surface area contributed by atoms with Gasteiger partial charge in [0.1, 0.15) is 12.4 Å². The molecular weight excluding hydrogens is 246 g/mol. The topological polar surface area (TPSA) is 33.0 Å². The Morgan fingerprint density at radius 2 is 1.75 bits per heavy atom. The maximum Gasteiger partial charge on any atom is 0.119 e. The van der Waals surface area contributed by atoms with Gasteiger partial charge in [-0.2, -0.15) is 5.26 Å². The van der Waals surface area contributed by atoms with Crippen molar-refractivity contribution in [3.63, 3.8) is 0 Å². The van der Waals surface area contributed by atoms with E-state index in [0.717, 1.165) is 11.3 Å². The quantitative estimate of drug-likeness (QED) is 0.822. The van der Waals surface area contributed by atoms with Crippen LogP contribution < -0.4 is 4.74 Å². The lowest BCUT2D eigenvalue weighted by molar-refractivity contribution is 0.306. The molecule has 0 N–H and O–H groups in total. The second kappa shape index (κ2) is 5.79. The lowest BCUT2D eigenvalue weighted by atomic mass is 9.87. The summed E-state index contributed by atoms with van der Waals surface area (Å²) in [4.78, 5) is 0. The fourth-order valence-corrected chi connectivity index (χ4v) is 1.95. The van der Waals surface area contributed by atoms with Crippen LogP contribution in [-0.2, 0) is 12.0 Å². The van der Waals surface area contributed by atoms with E-state index in [4.69, 9.17) is 10.00 Å². The Morgan fingerprint density at radius 1 is 1.05 bits per heavy atom. The van der Waals surface area contributed by atoms with Crippen LogP contribution in [-0.4, -0.2) is 0 Å². The van der Waals surface area contributed by atoms with Crippen LogP contribution in [0.2, 0.25) is 0 Å². The largest absolute Gasteiger partial charge is 0.489 e. The van der Waals surface area contributed by atoms with Crippen molar-refractivity contribution in [2.24, 2.45) is 0 Å². The minimum absolute atomic E-state index is 0.152. The first-order valence-corrected chi connectivity index (χ1v) is 6.71. The number of rotatable bonds is 3. The van der Waals surface area contributed by atoms with Gasteiger partial charge < -0.3 is 4.74 Å². The minimum Gasteiger partial charge on any atom is -0.489 e. The average molecular weight is 265 g/mol. The van der Waals surface area contributed by atoms with Gasteiger partial charge in [-0.3, -0.25) is 0 Å². The fraction of sp³-hybridized carbons (Fsp3) is 0.278. The predicted molar refractivity (Wildman–Crippen MR) is 80.6 cm³/mol. The molecule has 0 heterocycles. The summed E-state index contributed by atoms with van der Waals surface area (Å²) in [6, 6.07) is 17.8. The molecule has 2 aromatic carbocycles. The van der Waals surface area contributed by atoms with Crippen LogP contribution in [0.15, 0.2) is 48.5 Å². The van der Waals surface area contributed by atoms with E-state index in [-0.39, 0.29) is 5.41 Å². The van der Waals surface area contributed by atoms with Gasteiger partial charge in [-0.1, -0.05) is 45.0 Å². The summed E-state index contributed by atoms with van der Waals surface area (Å²) in [7, 11) is 0. The van der Waals surface area contributed by atoms with Crippen molar-refractivity contribution in [2.75, 3.05) is 0 Å². The highest BCUT2D eigenvalue weighted by molar-refractivity contribution is 5.34. The third-order valence-corrected chi connectivity index (χ3v) is 3.18. The van der Waals surface area contributed by atoms with E-state index >= 15 is 0 Å². The molecule has 0 unspecified atom stereocenters. The van der Waals surface area contributed by atoms with Crippen molar-refractivity contribution >= 4 is 0 Å². The Hall–Kier alpha value is -2.27.